The third-order valence-electron chi connectivity index (χ3n) is 10.6. The SMILES string of the molecule is CC(C)(C)OC(=O)Nc1sc2c(F)ccc(-c3c(Cl)c4c5c(nc(OC[C@@]67CCCN6C[C@H](F)C7)nc5c3F)N(CC(F)F)C(C3COC3)CO4)c2c1C#N. The summed E-state index contributed by atoms with van der Waals surface area (Å²) in [6.45, 7) is 5.46. The summed E-state index contributed by atoms with van der Waals surface area (Å²) in [5.41, 5.74) is -2.40. The summed E-state index contributed by atoms with van der Waals surface area (Å²) < 4.78 is 99.4. The van der Waals surface area contributed by atoms with Crippen LogP contribution in [-0.2, 0) is 9.47 Å². The van der Waals surface area contributed by atoms with Gasteiger partial charge in [0.15, 0.2) is 11.6 Å². The summed E-state index contributed by atoms with van der Waals surface area (Å²) in [4.78, 5) is 25.2. The fourth-order valence-corrected chi connectivity index (χ4v) is 9.55. The van der Waals surface area contributed by atoms with Crippen molar-refractivity contribution in [3.05, 3.63) is 34.4 Å². The van der Waals surface area contributed by atoms with Crippen LogP contribution in [0.15, 0.2) is 12.1 Å². The number of aromatic nitrogens is 2. The topological polar surface area (TPSA) is 122 Å². The molecule has 11 nitrogen and oxygen atoms in total. The molecule has 0 aliphatic carbocycles. The molecule has 55 heavy (non-hydrogen) atoms. The first-order valence-electron chi connectivity index (χ1n) is 17.8. The zero-order chi connectivity index (χ0) is 39.0. The van der Waals surface area contributed by atoms with E-state index in [0.717, 1.165) is 23.8 Å². The van der Waals surface area contributed by atoms with Crippen LogP contribution >= 0.6 is 22.9 Å². The second kappa shape index (κ2) is 14.1. The van der Waals surface area contributed by atoms with Gasteiger partial charge in [-0.05, 0) is 51.8 Å². The third kappa shape index (κ3) is 6.64. The Morgan fingerprint density at radius 1 is 1.22 bits per heavy atom. The molecule has 4 aliphatic heterocycles. The van der Waals surface area contributed by atoms with Crippen molar-refractivity contribution in [3.8, 4) is 29.0 Å². The second-order valence-corrected chi connectivity index (χ2v) is 16.7. The molecule has 2 aromatic carbocycles. The average Bonchev–Trinajstić information content (AvgIpc) is 3.71. The first-order chi connectivity index (χ1) is 26.2. The highest BCUT2D eigenvalue weighted by Gasteiger charge is 2.50. The van der Waals surface area contributed by atoms with Gasteiger partial charge in [0.2, 0.25) is 0 Å². The number of carbonyl (C=O) groups is 1. The zero-order valence-corrected chi connectivity index (χ0v) is 31.6. The van der Waals surface area contributed by atoms with Gasteiger partial charge in [0.25, 0.3) is 6.43 Å². The number of ether oxygens (including phenoxy) is 4. The maximum Gasteiger partial charge on any atom is 0.412 e. The van der Waals surface area contributed by atoms with Crippen molar-refractivity contribution in [2.45, 2.75) is 69.8 Å². The number of fused-ring (bicyclic) bond motifs is 2. The fraction of sp³-hybridized carbons (Fsp3) is 0.514. The molecular formula is C37H36ClF5N6O5S. The van der Waals surface area contributed by atoms with Gasteiger partial charge in [0.05, 0.1) is 52.0 Å². The molecule has 18 heteroatoms. The van der Waals surface area contributed by atoms with Crippen molar-refractivity contribution in [1.29, 1.82) is 5.26 Å². The van der Waals surface area contributed by atoms with Crippen LogP contribution < -0.4 is 19.7 Å². The molecule has 292 valence electrons. The first kappa shape index (κ1) is 37.7. The number of benzene rings is 2. The maximum atomic E-state index is 17.5. The summed E-state index contributed by atoms with van der Waals surface area (Å²) in [5.74, 6) is -2.23. The number of hydrogen-bond donors (Lipinski definition) is 1. The highest BCUT2D eigenvalue weighted by atomic mass is 35.5. The van der Waals surface area contributed by atoms with E-state index in [4.69, 9.17) is 30.5 Å². The van der Waals surface area contributed by atoms with Crippen LogP contribution in [-0.4, -0.2) is 96.8 Å². The second-order valence-electron chi connectivity index (χ2n) is 15.3. The minimum Gasteiger partial charge on any atom is -0.489 e. The number of hydrogen-bond acceptors (Lipinski definition) is 11. The number of nitrogens with zero attached hydrogens (tertiary/aromatic N) is 5. The van der Waals surface area contributed by atoms with E-state index in [9.17, 15) is 23.2 Å². The molecule has 1 amide bonds. The molecular weight excluding hydrogens is 771 g/mol. The number of amides is 1. The van der Waals surface area contributed by atoms with E-state index in [1.165, 1.54) is 11.0 Å². The van der Waals surface area contributed by atoms with Crippen LogP contribution in [0, 0.1) is 28.9 Å². The highest BCUT2D eigenvalue weighted by Crippen LogP contribution is 2.52. The van der Waals surface area contributed by atoms with Gasteiger partial charge in [-0.1, -0.05) is 17.7 Å². The largest absolute Gasteiger partial charge is 0.489 e. The Morgan fingerprint density at radius 3 is 2.69 bits per heavy atom. The molecule has 3 saturated heterocycles. The fourth-order valence-electron chi connectivity index (χ4n) is 8.15. The lowest BCUT2D eigenvalue weighted by atomic mass is 9.95. The Labute approximate surface area is 321 Å². The molecule has 4 aromatic rings. The predicted octanol–water partition coefficient (Wildman–Crippen LogP) is 8.10. The molecule has 4 aliphatic rings. The smallest absolute Gasteiger partial charge is 0.412 e. The number of thiophene rings is 1. The number of carbonyl (C=O) groups excluding carboxylic acids is 1. The molecule has 0 saturated carbocycles. The van der Waals surface area contributed by atoms with E-state index in [-0.39, 0.29) is 111 Å². The predicted molar refractivity (Wildman–Crippen MR) is 195 cm³/mol. The van der Waals surface area contributed by atoms with Gasteiger partial charge in [-0.3, -0.25) is 10.2 Å². The van der Waals surface area contributed by atoms with Crippen molar-refractivity contribution in [1.82, 2.24) is 14.9 Å². The molecule has 8 rings (SSSR count). The van der Waals surface area contributed by atoms with Crippen molar-refractivity contribution < 1.29 is 45.7 Å². The highest BCUT2D eigenvalue weighted by molar-refractivity contribution is 7.23. The lowest BCUT2D eigenvalue weighted by Crippen LogP contribution is -2.52. The van der Waals surface area contributed by atoms with Gasteiger partial charge in [-0.2, -0.15) is 15.2 Å². The average molecular weight is 807 g/mol. The van der Waals surface area contributed by atoms with Crippen molar-refractivity contribution in [2.24, 2.45) is 5.92 Å². The number of rotatable bonds is 8. The summed E-state index contributed by atoms with van der Waals surface area (Å²) in [6.07, 6.45) is -3.05. The standard InChI is InChI=1S/C37H36ClF5N6O5S/c1-36(2,3)54-35(50)47-33-20(10-44)24-19(5-6-21(40)31(24)55-33)25-27(38)30-26-29(28(25)43)45-34(53-16-37-7-4-8-48(37)11-18(39)9-37)46-32(26)49(12-23(41)42)22(15-52-30)17-13-51-14-17/h5-6,17-18,22-23H,4,7-9,11-16H2,1-3H3,(H,47,50)/t18-,22?,37+/m1/s1. The molecule has 1 unspecified atom stereocenters. The molecule has 0 bridgehead atoms. The Bertz CT molecular complexity index is 2250. The van der Waals surface area contributed by atoms with E-state index >= 15 is 8.78 Å². The number of alkyl halides is 3. The summed E-state index contributed by atoms with van der Waals surface area (Å²) in [6, 6.07) is 3.30. The number of anilines is 2. The number of nitrogens with one attached hydrogen (secondary N) is 1. The lowest BCUT2D eigenvalue weighted by molar-refractivity contribution is -0.0516. The van der Waals surface area contributed by atoms with Gasteiger partial charge in [0, 0.05) is 29.8 Å². The van der Waals surface area contributed by atoms with Crippen LogP contribution in [0.3, 0.4) is 0 Å². The van der Waals surface area contributed by atoms with E-state index in [2.05, 4.69) is 15.3 Å². The van der Waals surface area contributed by atoms with Crippen LogP contribution in [0.25, 0.3) is 32.1 Å². The minimum atomic E-state index is -2.83. The van der Waals surface area contributed by atoms with E-state index in [1.807, 2.05) is 11.0 Å². The van der Waals surface area contributed by atoms with E-state index in [1.54, 1.807) is 20.8 Å². The number of halogens is 6. The summed E-state index contributed by atoms with van der Waals surface area (Å²) in [5, 5.41) is 12.4. The molecule has 2 aromatic heterocycles. The summed E-state index contributed by atoms with van der Waals surface area (Å²) >= 11 is 7.80. The Morgan fingerprint density at radius 2 is 2.00 bits per heavy atom. The monoisotopic (exact) mass is 806 g/mol. The van der Waals surface area contributed by atoms with Crippen LogP contribution in [0.4, 0.5) is 37.6 Å². The van der Waals surface area contributed by atoms with Gasteiger partial charge in [-0.25, -0.2) is 26.7 Å². The van der Waals surface area contributed by atoms with Gasteiger partial charge in [0.1, 0.15) is 53.2 Å². The molecule has 3 fully saturated rings. The van der Waals surface area contributed by atoms with Crippen LogP contribution in [0.1, 0.15) is 45.6 Å². The quantitative estimate of drug-likeness (QED) is 0.175. The Balaban J connectivity index is 1.32. The molecule has 0 spiro atoms. The van der Waals surface area contributed by atoms with Gasteiger partial charge >= 0.3 is 12.1 Å². The van der Waals surface area contributed by atoms with Crippen molar-refractivity contribution >= 4 is 60.8 Å². The Hall–Kier alpha value is -4.24. The molecule has 1 N–H and O–H groups in total. The normalized spacial score (nSPS) is 22.7. The molecule has 3 atom stereocenters. The minimum absolute atomic E-state index is 0.0219. The number of nitriles is 1. The molecule has 6 heterocycles. The van der Waals surface area contributed by atoms with Crippen LogP contribution in [0.5, 0.6) is 11.8 Å². The van der Waals surface area contributed by atoms with Crippen molar-refractivity contribution in [3.63, 3.8) is 0 Å². The van der Waals surface area contributed by atoms with E-state index in [0.29, 0.717) is 13.0 Å². The molecule has 0 radical (unpaired) electrons. The Kier molecular flexibility index (Phi) is 9.62. The van der Waals surface area contributed by atoms with Crippen LogP contribution in [0.2, 0.25) is 5.02 Å². The third-order valence-corrected chi connectivity index (χ3v) is 12.0. The van der Waals surface area contributed by atoms with Gasteiger partial charge in [-0.15, -0.1) is 11.3 Å². The van der Waals surface area contributed by atoms with E-state index < -0.39 is 54.1 Å². The lowest BCUT2D eigenvalue weighted by Gasteiger charge is -2.40. The van der Waals surface area contributed by atoms with Gasteiger partial charge < -0.3 is 23.8 Å². The zero-order valence-electron chi connectivity index (χ0n) is 30.0. The van der Waals surface area contributed by atoms with Crippen molar-refractivity contribution in [2.75, 3.05) is 56.3 Å². The maximum absolute atomic E-state index is 17.5. The summed E-state index contributed by atoms with van der Waals surface area (Å²) in [7, 11) is 0. The first-order valence-corrected chi connectivity index (χ1v) is 19.0.